The minimum Gasteiger partial charge on any atom is -0.353 e. The molecule has 1 saturated heterocycles. The highest BCUT2D eigenvalue weighted by atomic mass is 35.5. The molecular formula is C22H34ClF3N4. The summed E-state index contributed by atoms with van der Waals surface area (Å²) < 4.78 is 38.4. The molecule has 1 aromatic rings. The van der Waals surface area contributed by atoms with Crippen molar-refractivity contribution < 1.29 is 13.2 Å². The molecule has 1 N–H and O–H groups in total. The molecule has 30 heavy (non-hydrogen) atoms. The Balaban J connectivity index is 1.39. The Labute approximate surface area is 183 Å². The number of anilines is 1. The van der Waals surface area contributed by atoms with Gasteiger partial charge in [0.25, 0.3) is 0 Å². The Hall–Kier alpha value is -1.05. The van der Waals surface area contributed by atoms with Crippen LogP contribution in [0.3, 0.4) is 0 Å². The van der Waals surface area contributed by atoms with E-state index in [1.54, 1.807) is 0 Å². The van der Waals surface area contributed by atoms with Crippen LogP contribution in [0, 0.1) is 5.92 Å². The third-order valence-electron chi connectivity index (χ3n) is 6.65. The highest BCUT2D eigenvalue weighted by Crippen LogP contribution is 2.34. The van der Waals surface area contributed by atoms with Crippen LogP contribution >= 0.6 is 11.6 Å². The second kappa shape index (κ2) is 10.5. The lowest BCUT2D eigenvalue weighted by Crippen LogP contribution is -2.47. The molecule has 0 radical (unpaired) electrons. The van der Waals surface area contributed by atoms with E-state index in [0.717, 1.165) is 50.9 Å². The minimum atomic E-state index is -4.42. The molecule has 3 rings (SSSR count). The highest BCUT2D eigenvalue weighted by Gasteiger charge is 2.32. The van der Waals surface area contributed by atoms with Crippen LogP contribution in [0.5, 0.6) is 0 Å². The molecule has 2 heterocycles. The van der Waals surface area contributed by atoms with Crippen LogP contribution in [0.15, 0.2) is 12.3 Å². The Kier molecular flexibility index (Phi) is 8.27. The fourth-order valence-electron chi connectivity index (χ4n) is 4.50. The van der Waals surface area contributed by atoms with Crippen molar-refractivity contribution in [2.45, 2.75) is 70.6 Å². The Morgan fingerprint density at radius 3 is 2.40 bits per heavy atom. The van der Waals surface area contributed by atoms with E-state index < -0.39 is 11.7 Å². The van der Waals surface area contributed by atoms with Gasteiger partial charge < -0.3 is 10.2 Å². The van der Waals surface area contributed by atoms with Gasteiger partial charge >= 0.3 is 6.18 Å². The number of pyridine rings is 1. The smallest absolute Gasteiger partial charge is 0.353 e. The third kappa shape index (κ3) is 6.47. The van der Waals surface area contributed by atoms with Gasteiger partial charge in [0, 0.05) is 44.5 Å². The summed E-state index contributed by atoms with van der Waals surface area (Å²) in [5.74, 6) is 1.26. The van der Waals surface area contributed by atoms with E-state index in [-0.39, 0.29) is 5.02 Å². The van der Waals surface area contributed by atoms with Crippen molar-refractivity contribution in [3.8, 4) is 0 Å². The molecule has 1 aliphatic heterocycles. The van der Waals surface area contributed by atoms with E-state index in [1.165, 1.54) is 38.5 Å². The standard InChI is InChI=1S/C22H34ClF3N4/c1-3-16(2)28-19-6-4-17(5-7-19)8-9-29-10-12-30(13-11-29)21-20(23)14-18(15-27-21)22(24,25)26/h14-17,19,28H,3-13H2,1-2H3. The summed E-state index contributed by atoms with van der Waals surface area (Å²) in [7, 11) is 0. The number of nitrogens with zero attached hydrogens (tertiary/aromatic N) is 3. The first-order chi connectivity index (χ1) is 14.3. The third-order valence-corrected chi connectivity index (χ3v) is 6.93. The van der Waals surface area contributed by atoms with Crippen LogP contribution in [0.2, 0.25) is 5.02 Å². The molecule has 1 unspecified atom stereocenters. The SMILES string of the molecule is CCC(C)NC1CCC(CCN2CCN(c3ncc(C(F)(F)F)cc3Cl)CC2)CC1. The van der Waals surface area contributed by atoms with Gasteiger partial charge in [0.15, 0.2) is 0 Å². The average Bonchev–Trinajstić information content (AvgIpc) is 2.73. The van der Waals surface area contributed by atoms with Gasteiger partial charge in [0.2, 0.25) is 0 Å². The monoisotopic (exact) mass is 446 g/mol. The van der Waals surface area contributed by atoms with Crippen molar-refractivity contribution in [2.24, 2.45) is 5.92 Å². The Bertz CT molecular complexity index is 669. The van der Waals surface area contributed by atoms with E-state index >= 15 is 0 Å². The minimum absolute atomic E-state index is 0.0704. The maximum atomic E-state index is 12.8. The summed E-state index contributed by atoms with van der Waals surface area (Å²) in [6, 6.07) is 2.26. The summed E-state index contributed by atoms with van der Waals surface area (Å²) in [5.41, 5.74) is -0.802. The van der Waals surface area contributed by atoms with Crippen LogP contribution in [0.4, 0.5) is 19.0 Å². The maximum absolute atomic E-state index is 12.8. The van der Waals surface area contributed by atoms with Crippen molar-refractivity contribution in [3.05, 3.63) is 22.8 Å². The first-order valence-electron chi connectivity index (χ1n) is 11.2. The number of halogens is 4. The van der Waals surface area contributed by atoms with Crippen LogP contribution in [-0.4, -0.2) is 54.7 Å². The van der Waals surface area contributed by atoms with Gasteiger partial charge in [-0.1, -0.05) is 18.5 Å². The summed E-state index contributed by atoms with van der Waals surface area (Å²) in [6.45, 7) is 8.85. The predicted octanol–water partition coefficient (Wildman–Crippen LogP) is 5.21. The lowest BCUT2D eigenvalue weighted by molar-refractivity contribution is -0.137. The van der Waals surface area contributed by atoms with E-state index in [2.05, 4.69) is 29.0 Å². The van der Waals surface area contributed by atoms with Crippen LogP contribution < -0.4 is 10.2 Å². The van der Waals surface area contributed by atoms with Gasteiger partial charge in [-0.05, 0) is 64.0 Å². The van der Waals surface area contributed by atoms with Crippen molar-refractivity contribution in [3.63, 3.8) is 0 Å². The molecule has 2 fully saturated rings. The Morgan fingerprint density at radius 1 is 1.17 bits per heavy atom. The number of hydrogen-bond donors (Lipinski definition) is 1. The van der Waals surface area contributed by atoms with Gasteiger partial charge in [-0.25, -0.2) is 4.98 Å². The molecule has 170 valence electrons. The molecule has 2 aliphatic rings. The maximum Gasteiger partial charge on any atom is 0.417 e. The zero-order valence-electron chi connectivity index (χ0n) is 18.0. The van der Waals surface area contributed by atoms with E-state index in [4.69, 9.17) is 11.6 Å². The van der Waals surface area contributed by atoms with Crippen molar-refractivity contribution in [1.82, 2.24) is 15.2 Å². The summed E-state index contributed by atoms with van der Waals surface area (Å²) in [4.78, 5) is 8.44. The largest absolute Gasteiger partial charge is 0.417 e. The lowest BCUT2D eigenvalue weighted by atomic mass is 9.83. The number of nitrogens with one attached hydrogen (secondary N) is 1. The van der Waals surface area contributed by atoms with Crippen molar-refractivity contribution in [2.75, 3.05) is 37.6 Å². The first-order valence-corrected chi connectivity index (χ1v) is 11.6. The van der Waals surface area contributed by atoms with Crippen molar-refractivity contribution >= 4 is 17.4 Å². The fourth-order valence-corrected chi connectivity index (χ4v) is 4.79. The second-order valence-corrected chi connectivity index (χ2v) is 9.25. The molecule has 8 heteroatoms. The van der Waals surface area contributed by atoms with Crippen LogP contribution in [0.1, 0.15) is 57.9 Å². The molecular weight excluding hydrogens is 413 g/mol. The van der Waals surface area contributed by atoms with Crippen LogP contribution in [-0.2, 0) is 6.18 Å². The highest BCUT2D eigenvalue weighted by molar-refractivity contribution is 6.33. The predicted molar refractivity (Wildman–Crippen MR) is 116 cm³/mol. The molecule has 1 atom stereocenters. The Morgan fingerprint density at radius 2 is 1.83 bits per heavy atom. The number of aromatic nitrogens is 1. The molecule has 4 nitrogen and oxygen atoms in total. The number of alkyl halides is 3. The normalized spacial score (nSPS) is 24.8. The number of hydrogen-bond acceptors (Lipinski definition) is 4. The first kappa shape index (κ1) is 23.6. The van der Waals surface area contributed by atoms with Gasteiger partial charge in [0.1, 0.15) is 5.82 Å². The quantitative estimate of drug-likeness (QED) is 0.622. The number of rotatable bonds is 7. The molecule has 0 aromatic carbocycles. The van der Waals surface area contributed by atoms with Crippen LogP contribution in [0.25, 0.3) is 0 Å². The average molecular weight is 447 g/mol. The molecule has 1 aliphatic carbocycles. The lowest BCUT2D eigenvalue weighted by Gasteiger charge is -2.37. The summed E-state index contributed by atoms with van der Waals surface area (Å²) in [5, 5.41) is 3.81. The van der Waals surface area contributed by atoms with Gasteiger partial charge in [-0.3, -0.25) is 4.90 Å². The van der Waals surface area contributed by atoms with E-state index in [9.17, 15) is 13.2 Å². The van der Waals surface area contributed by atoms with E-state index in [0.29, 0.717) is 17.9 Å². The van der Waals surface area contributed by atoms with Gasteiger partial charge in [0.05, 0.1) is 10.6 Å². The summed E-state index contributed by atoms with van der Waals surface area (Å²) in [6.07, 6.45) is 4.03. The second-order valence-electron chi connectivity index (χ2n) is 8.84. The van der Waals surface area contributed by atoms with Crippen molar-refractivity contribution in [1.29, 1.82) is 0 Å². The topological polar surface area (TPSA) is 31.4 Å². The number of piperazine rings is 1. The molecule has 1 aromatic heterocycles. The fraction of sp³-hybridized carbons (Fsp3) is 0.773. The zero-order valence-corrected chi connectivity index (χ0v) is 18.8. The van der Waals surface area contributed by atoms with E-state index in [1.807, 2.05) is 4.90 Å². The molecule has 0 bridgehead atoms. The molecule has 0 amide bonds. The zero-order chi connectivity index (χ0) is 21.7. The molecule has 0 spiro atoms. The van der Waals surface area contributed by atoms with Gasteiger partial charge in [-0.2, -0.15) is 13.2 Å². The molecule has 1 saturated carbocycles. The van der Waals surface area contributed by atoms with Gasteiger partial charge in [-0.15, -0.1) is 0 Å². The summed E-state index contributed by atoms with van der Waals surface area (Å²) >= 11 is 6.10.